The first-order valence-corrected chi connectivity index (χ1v) is 6.43. The average molecular weight is 289 g/mol. The van der Waals surface area contributed by atoms with Gasteiger partial charge in [-0.25, -0.2) is 9.78 Å². The first-order chi connectivity index (χ1) is 8.99. The molecule has 1 rings (SSSR count). The predicted octanol–water partition coefficient (Wildman–Crippen LogP) is 0.277. The topological polar surface area (TPSA) is 106 Å². The molecular formula is C11H15NO6S. The highest BCUT2D eigenvalue weighted by Crippen LogP contribution is 2.23. The average Bonchev–Trinajstić information content (AvgIpc) is 2.86. The summed E-state index contributed by atoms with van der Waals surface area (Å²) < 4.78 is 9.13. The standard InChI is InChI=1S/C11H15NO6S/c1-3-18-8(14)4-7(13)9(15)10-12-6(5-19-10)11(16)17-2/h5,7,9,13,15H,3-4H2,1-2H3. The number of aromatic nitrogens is 1. The van der Waals surface area contributed by atoms with Crippen LogP contribution in [-0.2, 0) is 14.3 Å². The number of aliphatic hydroxyl groups excluding tert-OH is 2. The Hall–Kier alpha value is -1.51. The largest absolute Gasteiger partial charge is 0.466 e. The van der Waals surface area contributed by atoms with Gasteiger partial charge >= 0.3 is 11.9 Å². The molecule has 2 N–H and O–H groups in total. The molecule has 0 aliphatic rings. The van der Waals surface area contributed by atoms with E-state index in [1.165, 1.54) is 12.5 Å². The van der Waals surface area contributed by atoms with Crippen molar-refractivity contribution in [1.29, 1.82) is 0 Å². The van der Waals surface area contributed by atoms with Gasteiger partial charge in [-0.3, -0.25) is 4.79 Å². The summed E-state index contributed by atoms with van der Waals surface area (Å²) in [5.41, 5.74) is 0.0462. The maximum Gasteiger partial charge on any atom is 0.357 e. The van der Waals surface area contributed by atoms with Gasteiger partial charge in [0.2, 0.25) is 0 Å². The second kappa shape index (κ2) is 7.17. The van der Waals surface area contributed by atoms with E-state index in [0.29, 0.717) is 0 Å². The molecule has 2 atom stereocenters. The Labute approximate surface area is 113 Å². The van der Waals surface area contributed by atoms with Crippen LogP contribution in [0.4, 0.5) is 0 Å². The van der Waals surface area contributed by atoms with Crippen molar-refractivity contribution >= 4 is 23.3 Å². The molecule has 0 amide bonds. The fourth-order valence-electron chi connectivity index (χ4n) is 1.29. The summed E-state index contributed by atoms with van der Waals surface area (Å²) in [5.74, 6) is -1.24. The molecule has 2 unspecified atom stereocenters. The predicted molar refractivity (Wildman–Crippen MR) is 65.7 cm³/mol. The number of carbonyl (C=O) groups excluding carboxylic acids is 2. The van der Waals surface area contributed by atoms with Crippen LogP contribution in [-0.4, -0.2) is 47.0 Å². The van der Waals surface area contributed by atoms with Crippen molar-refractivity contribution in [2.24, 2.45) is 0 Å². The van der Waals surface area contributed by atoms with Crippen molar-refractivity contribution in [2.75, 3.05) is 13.7 Å². The van der Waals surface area contributed by atoms with Crippen molar-refractivity contribution in [3.63, 3.8) is 0 Å². The van der Waals surface area contributed by atoms with Crippen molar-refractivity contribution in [3.05, 3.63) is 16.1 Å². The minimum absolute atomic E-state index is 0.0462. The van der Waals surface area contributed by atoms with E-state index >= 15 is 0 Å². The number of esters is 2. The second-order valence-corrected chi connectivity index (χ2v) is 4.47. The van der Waals surface area contributed by atoms with Gasteiger partial charge in [0, 0.05) is 5.38 Å². The first-order valence-electron chi connectivity index (χ1n) is 5.55. The fraction of sp³-hybridized carbons (Fsp3) is 0.545. The Morgan fingerprint density at radius 3 is 2.74 bits per heavy atom. The maximum absolute atomic E-state index is 11.2. The number of methoxy groups -OCH3 is 1. The van der Waals surface area contributed by atoms with E-state index in [4.69, 9.17) is 0 Å². The first kappa shape index (κ1) is 15.5. The SMILES string of the molecule is CCOC(=O)CC(O)C(O)c1nc(C(=O)OC)cs1. The van der Waals surface area contributed by atoms with Gasteiger partial charge in [0.15, 0.2) is 5.69 Å². The highest BCUT2D eigenvalue weighted by Gasteiger charge is 2.25. The van der Waals surface area contributed by atoms with Gasteiger partial charge in [0.25, 0.3) is 0 Å². The van der Waals surface area contributed by atoms with Gasteiger partial charge < -0.3 is 19.7 Å². The van der Waals surface area contributed by atoms with E-state index in [9.17, 15) is 19.8 Å². The monoisotopic (exact) mass is 289 g/mol. The third-order valence-electron chi connectivity index (χ3n) is 2.22. The van der Waals surface area contributed by atoms with Gasteiger partial charge in [0.05, 0.1) is 26.2 Å². The lowest BCUT2D eigenvalue weighted by molar-refractivity contribution is -0.147. The molecule has 0 bridgehead atoms. The molecule has 0 saturated carbocycles. The van der Waals surface area contributed by atoms with Crippen LogP contribution >= 0.6 is 11.3 Å². The number of nitrogens with zero attached hydrogens (tertiary/aromatic N) is 1. The number of rotatable bonds is 6. The van der Waals surface area contributed by atoms with E-state index in [-0.39, 0.29) is 23.7 Å². The molecule has 1 aromatic heterocycles. The van der Waals surface area contributed by atoms with Crippen LogP contribution in [0.5, 0.6) is 0 Å². The van der Waals surface area contributed by atoms with Gasteiger partial charge in [-0.2, -0.15) is 0 Å². The molecule has 0 aliphatic heterocycles. The van der Waals surface area contributed by atoms with Crippen molar-refractivity contribution < 1.29 is 29.3 Å². The smallest absolute Gasteiger partial charge is 0.357 e. The zero-order valence-corrected chi connectivity index (χ0v) is 11.3. The highest BCUT2D eigenvalue weighted by molar-refractivity contribution is 7.09. The van der Waals surface area contributed by atoms with Crippen molar-refractivity contribution in [3.8, 4) is 0 Å². The van der Waals surface area contributed by atoms with E-state index in [0.717, 1.165) is 11.3 Å². The number of hydrogen-bond donors (Lipinski definition) is 2. The minimum atomic E-state index is -1.35. The van der Waals surface area contributed by atoms with Gasteiger partial charge in [-0.1, -0.05) is 0 Å². The summed E-state index contributed by atoms with van der Waals surface area (Å²) in [6.07, 6.45) is -3.04. The van der Waals surface area contributed by atoms with Crippen LogP contribution in [0.3, 0.4) is 0 Å². The van der Waals surface area contributed by atoms with Crippen LogP contribution < -0.4 is 0 Å². The Kier molecular flexibility index (Phi) is 5.87. The molecular weight excluding hydrogens is 274 g/mol. The summed E-state index contributed by atoms with van der Waals surface area (Å²) >= 11 is 0.996. The summed E-state index contributed by atoms with van der Waals surface area (Å²) in [6.45, 7) is 1.84. The Morgan fingerprint density at radius 1 is 1.47 bits per heavy atom. The summed E-state index contributed by atoms with van der Waals surface area (Å²) in [4.78, 5) is 26.2. The van der Waals surface area contributed by atoms with Crippen LogP contribution in [0, 0.1) is 0 Å². The maximum atomic E-state index is 11.2. The second-order valence-electron chi connectivity index (χ2n) is 3.58. The summed E-state index contributed by atoms with van der Waals surface area (Å²) in [5, 5.41) is 21.0. The van der Waals surface area contributed by atoms with Crippen molar-refractivity contribution in [1.82, 2.24) is 4.98 Å². The van der Waals surface area contributed by atoms with Crippen LogP contribution in [0.1, 0.15) is 34.9 Å². The molecule has 0 radical (unpaired) electrons. The lowest BCUT2D eigenvalue weighted by atomic mass is 10.1. The quantitative estimate of drug-likeness (QED) is 0.724. The number of thiazole rings is 1. The van der Waals surface area contributed by atoms with Crippen LogP contribution in [0.15, 0.2) is 5.38 Å². The zero-order chi connectivity index (χ0) is 14.4. The van der Waals surface area contributed by atoms with Gasteiger partial charge in [0.1, 0.15) is 11.1 Å². The Balaban J connectivity index is 2.66. The lowest BCUT2D eigenvalue weighted by Crippen LogP contribution is -2.23. The van der Waals surface area contributed by atoms with Crippen LogP contribution in [0.25, 0.3) is 0 Å². The molecule has 106 valence electrons. The number of aliphatic hydroxyl groups is 2. The Bertz CT molecular complexity index is 446. The molecule has 0 aliphatic carbocycles. The molecule has 1 aromatic rings. The fourth-order valence-corrected chi connectivity index (χ4v) is 2.12. The number of hydrogen-bond acceptors (Lipinski definition) is 8. The summed E-state index contributed by atoms with van der Waals surface area (Å²) in [7, 11) is 1.22. The van der Waals surface area contributed by atoms with Crippen LogP contribution in [0.2, 0.25) is 0 Å². The molecule has 0 fully saturated rings. The third-order valence-corrected chi connectivity index (χ3v) is 3.13. The van der Waals surface area contributed by atoms with E-state index in [1.807, 2.05) is 0 Å². The lowest BCUT2D eigenvalue weighted by Gasteiger charge is -2.14. The molecule has 7 nitrogen and oxygen atoms in total. The molecule has 0 saturated heterocycles. The van der Waals surface area contributed by atoms with E-state index < -0.39 is 24.1 Å². The molecule has 8 heteroatoms. The number of carbonyl (C=O) groups is 2. The Morgan fingerprint density at radius 2 is 2.16 bits per heavy atom. The van der Waals surface area contributed by atoms with Gasteiger partial charge in [-0.15, -0.1) is 11.3 Å². The molecule has 19 heavy (non-hydrogen) atoms. The molecule has 1 heterocycles. The molecule has 0 spiro atoms. The van der Waals surface area contributed by atoms with E-state index in [1.54, 1.807) is 6.92 Å². The third kappa shape index (κ3) is 4.27. The summed E-state index contributed by atoms with van der Waals surface area (Å²) in [6, 6.07) is 0. The van der Waals surface area contributed by atoms with Gasteiger partial charge in [-0.05, 0) is 6.92 Å². The zero-order valence-electron chi connectivity index (χ0n) is 10.5. The van der Waals surface area contributed by atoms with Crippen molar-refractivity contribution in [2.45, 2.75) is 25.6 Å². The number of ether oxygens (including phenoxy) is 2. The molecule has 0 aromatic carbocycles. The minimum Gasteiger partial charge on any atom is -0.466 e. The normalized spacial score (nSPS) is 13.7. The van der Waals surface area contributed by atoms with E-state index in [2.05, 4.69) is 14.5 Å². The highest BCUT2D eigenvalue weighted by atomic mass is 32.1.